The van der Waals surface area contributed by atoms with Crippen LogP contribution in [0.1, 0.15) is 38.5 Å². The molecule has 1 aromatic heterocycles. The molecular weight excluding hydrogens is 419 g/mol. The summed E-state index contributed by atoms with van der Waals surface area (Å²) in [7, 11) is 1.71. The Bertz CT molecular complexity index is 1250. The van der Waals surface area contributed by atoms with E-state index < -0.39 is 5.82 Å². The summed E-state index contributed by atoms with van der Waals surface area (Å²) in [5.74, 6) is -0.231. The van der Waals surface area contributed by atoms with E-state index in [2.05, 4.69) is 5.16 Å². The quantitative estimate of drug-likeness (QED) is 0.342. The number of carbonyl (C=O) groups excluding carboxylic acids is 2. The van der Waals surface area contributed by atoms with Crippen LogP contribution in [0.25, 0.3) is 11.3 Å². The molecule has 0 aliphatic carbocycles. The molecule has 0 spiro atoms. The number of carbonyl (C=O) groups is 2. The van der Waals surface area contributed by atoms with Crippen molar-refractivity contribution >= 4 is 11.7 Å². The van der Waals surface area contributed by atoms with E-state index >= 15 is 0 Å². The molecule has 0 saturated carbocycles. The highest BCUT2D eigenvalue weighted by molar-refractivity contribution is 6.15. The van der Waals surface area contributed by atoms with E-state index in [9.17, 15) is 14.0 Å². The Morgan fingerprint density at radius 3 is 2.30 bits per heavy atom. The molecule has 0 bridgehead atoms. The molecule has 0 radical (unpaired) electrons. The zero-order valence-electron chi connectivity index (χ0n) is 18.2. The minimum Gasteiger partial charge on any atom is -0.361 e. The van der Waals surface area contributed by atoms with E-state index in [1.807, 2.05) is 36.4 Å². The molecule has 4 rings (SSSR count). The molecule has 1 amide bonds. The van der Waals surface area contributed by atoms with Crippen molar-refractivity contribution in [1.29, 1.82) is 0 Å². The van der Waals surface area contributed by atoms with Crippen LogP contribution < -0.4 is 0 Å². The zero-order chi connectivity index (χ0) is 23.2. The number of rotatable bonds is 8. The molecule has 0 unspecified atom stereocenters. The number of hydrogen-bond acceptors (Lipinski definition) is 4. The fraction of sp³-hybridized carbons (Fsp3) is 0.148. The second kappa shape index (κ2) is 10.0. The lowest BCUT2D eigenvalue weighted by atomic mass is 9.97. The maximum absolute atomic E-state index is 13.2. The van der Waals surface area contributed by atoms with Gasteiger partial charge in [0, 0.05) is 42.8 Å². The van der Waals surface area contributed by atoms with E-state index in [0.717, 1.165) is 17.0 Å². The monoisotopic (exact) mass is 442 g/mol. The number of aromatic nitrogens is 1. The predicted octanol–water partition coefficient (Wildman–Crippen LogP) is 5.42. The first-order valence-electron chi connectivity index (χ1n) is 10.7. The average Bonchev–Trinajstić information content (AvgIpc) is 3.33. The molecule has 166 valence electrons. The first kappa shape index (κ1) is 22.1. The van der Waals surface area contributed by atoms with Crippen LogP contribution in [0.4, 0.5) is 4.39 Å². The molecule has 0 N–H and O–H groups in total. The van der Waals surface area contributed by atoms with Crippen LogP contribution in [0.3, 0.4) is 0 Å². The van der Waals surface area contributed by atoms with Gasteiger partial charge in [-0.3, -0.25) is 9.59 Å². The molecule has 1 heterocycles. The summed E-state index contributed by atoms with van der Waals surface area (Å²) in [6, 6.07) is 23.7. The Morgan fingerprint density at radius 1 is 0.909 bits per heavy atom. The van der Waals surface area contributed by atoms with Crippen LogP contribution in [0.5, 0.6) is 0 Å². The summed E-state index contributed by atoms with van der Waals surface area (Å²) in [5, 5.41) is 4.12. The van der Waals surface area contributed by atoms with Gasteiger partial charge in [-0.15, -0.1) is 0 Å². The Hall–Kier alpha value is -4.06. The lowest BCUT2D eigenvalue weighted by Crippen LogP contribution is -2.29. The number of halogens is 1. The van der Waals surface area contributed by atoms with Crippen molar-refractivity contribution in [1.82, 2.24) is 10.1 Å². The molecule has 3 aromatic carbocycles. The Kier molecular flexibility index (Phi) is 6.74. The summed E-state index contributed by atoms with van der Waals surface area (Å²) in [6.45, 7) is 0.485. The summed E-state index contributed by atoms with van der Waals surface area (Å²) in [5.41, 5.74) is 2.72. The second-order valence-corrected chi connectivity index (χ2v) is 7.76. The van der Waals surface area contributed by atoms with Gasteiger partial charge < -0.3 is 9.42 Å². The highest BCUT2D eigenvalue weighted by atomic mass is 19.1. The Morgan fingerprint density at radius 2 is 1.58 bits per heavy atom. The number of benzene rings is 3. The third-order valence-electron chi connectivity index (χ3n) is 5.40. The van der Waals surface area contributed by atoms with Crippen molar-refractivity contribution in [3.05, 3.63) is 113 Å². The number of aryl methyl sites for hydroxylation is 1. The standard InChI is InChI=1S/C27H23FN2O3/c1-30(17-7-10-22-18-25(29-33-22)19-8-3-2-4-9-19)27(32)24-12-6-5-11-23(24)26(31)20-13-15-21(28)16-14-20/h2-6,8-9,11-16,18H,7,10,17H2,1H3. The van der Waals surface area contributed by atoms with E-state index in [-0.39, 0.29) is 11.7 Å². The molecule has 0 aliphatic rings. The van der Waals surface area contributed by atoms with E-state index in [1.165, 1.54) is 24.3 Å². The molecule has 33 heavy (non-hydrogen) atoms. The van der Waals surface area contributed by atoms with Crippen LogP contribution in [0.15, 0.2) is 89.5 Å². The van der Waals surface area contributed by atoms with Gasteiger partial charge >= 0.3 is 0 Å². The Balaban J connectivity index is 1.39. The maximum atomic E-state index is 13.2. The normalized spacial score (nSPS) is 10.7. The number of ketones is 1. The Labute approximate surface area is 191 Å². The van der Waals surface area contributed by atoms with Crippen molar-refractivity contribution in [3.63, 3.8) is 0 Å². The van der Waals surface area contributed by atoms with Gasteiger partial charge in [0.05, 0.1) is 5.56 Å². The zero-order valence-corrected chi connectivity index (χ0v) is 18.2. The van der Waals surface area contributed by atoms with Crippen molar-refractivity contribution in [2.75, 3.05) is 13.6 Å². The van der Waals surface area contributed by atoms with Gasteiger partial charge in [-0.05, 0) is 36.8 Å². The van der Waals surface area contributed by atoms with Crippen LogP contribution >= 0.6 is 0 Å². The summed E-state index contributed by atoms with van der Waals surface area (Å²) >= 11 is 0. The minimum absolute atomic E-state index is 0.247. The first-order valence-corrected chi connectivity index (χ1v) is 10.7. The van der Waals surface area contributed by atoms with Gasteiger partial charge in [0.25, 0.3) is 5.91 Å². The van der Waals surface area contributed by atoms with Crippen molar-refractivity contribution in [2.45, 2.75) is 12.8 Å². The third kappa shape index (κ3) is 5.23. The van der Waals surface area contributed by atoms with Gasteiger partial charge in [-0.2, -0.15) is 0 Å². The van der Waals surface area contributed by atoms with E-state index in [4.69, 9.17) is 4.52 Å². The van der Waals surface area contributed by atoms with E-state index in [0.29, 0.717) is 36.1 Å². The molecule has 5 nitrogen and oxygen atoms in total. The average molecular weight is 442 g/mol. The first-order chi connectivity index (χ1) is 16.0. The largest absolute Gasteiger partial charge is 0.361 e. The van der Waals surface area contributed by atoms with Crippen LogP contribution in [0, 0.1) is 5.82 Å². The molecule has 0 fully saturated rings. The fourth-order valence-electron chi connectivity index (χ4n) is 3.60. The SMILES string of the molecule is CN(CCCc1cc(-c2ccccc2)no1)C(=O)c1ccccc1C(=O)c1ccc(F)cc1. The number of amides is 1. The van der Waals surface area contributed by atoms with Crippen molar-refractivity contribution in [2.24, 2.45) is 0 Å². The maximum Gasteiger partial charge on any atom is 0.254 e. The van der Waals surface area contributed by atoms with Gasteiger partial charge in [-0.1, -0.05) is 53.7 Å². The predicted molar refractivity (Wildman–Crippen MR) is 123 cm³/mol. The van der Waals surface area contributed by atoms with Crippen LogP contribution in [-0.4, -0.2) is 35.3 Å². The van der Waals surface area contributed by atoms with Crippen molar-refractivity contribution in [3.8, 4) is 11.3 Å². The van der Waals surface area contributed by atoms with Crippen LogP contribution in [0.2, 0.25) is 0 Å². The molecule has 0 atom stereocenters. The van der Waals surface area contributed by atoms with Crippen molar-refractivity contribution < 1.29 is 18.5 Å². The highest BCUT2D eigenvalue weighted by Crippen LogP contribution is 2.20. The number of hydrogen-bond donors (Lipinski definition) is 0. The minimum atomic E-state index is -0.418. The summed E-state index contributed by atoms with van der Waals surface area (Å²) in [6.07, 6.45) is 1.31. The molecule has 0 aliphatic heterocycles. The third-order valence-corrected chi connectivity index (χ3v) is 5.40. The number of nitrogens with zero attached hydrogens (tertiary/aromatic N) is 2. The highest BCUT2D eigenvalue weighted by Gasteiger charge is 2.20. The molecular formula is C27H23FN2O3. The van der Waals surface area contributed by atoms with E-state index in [1.54, 1.807) is 36.2 Å². The van der Waals surface area contributed by atoms with Crippen LogP contribution in [-0.2, 0) is 6.42 Å². The molecule has 4 aromatic rings. The summed E-state index contributed by atoms with van der Waals surface area (Å²) in [4.78, 5) is 27.6. The topological polar surface area (TPSA) is 63.4 Å². The van der Waals surface area contributed by atoms with Gasteiger partial charge in [0.1, 0.15) is 17.3 Å². The lowest BCUT2D eigenvalue weighted by Gasteiger charge is -2.18. The smallest absolute Gasteiger partial charge is 0.254 e. The van der Waals surface area contributed by atoms with Gasteiger partial charge in [0.2, 0.25) is 0 Å². The molecule has 0 saturated heterocycles. The molecule has 6 heteroatoms. The second-order valence-electron chi connectivity index (χ2n) is 7.76. The summed E-state index contributed by atoms with van der Waals surface area (Å²) < 4.78 is 18.6. The van der Waals surface area contributed by atoms with Gasteiger partial charge in [0.15, 0.2) is 5.78 Å². The lowest BCUT2D eigenvalue weighted by molar-refractivity contribution is 0.0788. The van der Waals surface area contributed by atoms with Gasteiger partial charge in [-0.25, -0.2) is 4.39 Å². The fourth-order valence-corrected chi connectivity index (χ4v) is 3.60.